The third-order valence-corrected chi connectivity index (χ3v) is 3.76. The Morgan fingerprint density at radius 1 is 1.42 bits per heavy atom. The third-order valence-electron chi connectivity index (χ3n) is 2.78. The molecule has 0 aliphatic heterocycles. The summed E-state index contributed by atoms with van der Waals surface area (Å²) in [6.45, 7) is 0.717. The van der Waals surface area contributed by atoms with Crippen LogP contribution in [0.1, 0.15) is 5.82 Å². The lowest BCUT2D eigenvalue weighted by atomic mass is 10.3. The lowest BCUT2D eigenvalue weighted by molar-refractivity contribution is 0.630. The van der Waals surface area contributed by atoms with Crippen LogP contribution in [0.15, 0.2) is 24.5 Å². The van der Waals surface area contributed by atoms with Gasteiger partial charge in [-0.25, -0.2) is 9.37 Å². The normalized spacial score (nSPS) is 11.1. The smallest absolute Gasteiger partial charge is 0.183 e. The molecule has 0 saturated carbocycles. The minimum atomic E-state index is -0.234. The Balaban J connectivity index is 1.67. The first-order valence-electron chi connectivity index (χ1n) is 5.85. The van der Waals surface area contributed by atoms with Gasteiger partial charge in [0.05, 0.1) is 10.2 Å². The summed E-state index contributed by atoms with van der Waals surface area (Å²) in [6, 6.07) is 4.61. The monoisotopic (exact) mass is 277 g/mol. The van der Waals surface area contributed by atoms with Crippen molar-refractivity contribution in [1.82, 2.24) is 19.7 Å². The fourth-order valence-corrected chi connectivity index (χ4v) is 2.71. The van der Waals surface area contributed by atoms with Gasteiger partial charge >= 0.3 is 0 Å². The molecular weight excluding hydrogens is 265 g/mol. The van der Waals surface area contributed by atoms with Gasteiger partial charge in [-0.05, 0) is 18.2 Å². The van der Waals surface area contributed by atoms with Gasteiger partial charge in [0, 0.05) is 20.0 Å². The molecule has 5 nitrogen and oxygen atoms in total. The molecule has 0 spiro atoms. The molecule has 2 heterocycles. The number of nitrogens with zero attached hydrogens (tertiary/aromatic N) is 4. The molecule has 3 aromatic rings. The van der Waals surface area contributed by atoms with E-state index in [9.17, 15) is 4.39 Å². The maximum Gasteiger partial charge on any atom is 0.183 e. The Morgan fingerprint density at radius 3 is 3.11 bits per heavy atom. The molecule has 19 heavy (non-hydrogen) atoms. The van der Waals surface area contributed by atoms with Crippen molar-refractivity contribution in [3.05, 3.63) is 36.2 Å². The van der Waals surface area contributed by atoms with E-state index in [1.807, 2.05) is 11.6 Å². The molecule has 3 rings (SSSR count). The molecule has 0 amide bonds. The van der Waals surface area contributed by atoms with E-state index in [-0.39, 0.29) is 5.82 Å². The Hall–Kier alpha value is -2.02. The van der Waals surface area contributed by atoms with Crippen molar-refractivity contribution in [1.29, 1.82) is 0 Å². The number of anilines is 1. The van der Waals surface area contributed by atoms with Gasteiger partial charge in [-0.3, -0.25) is 0 Å². The molecule has 2 aromatic heterocycles. The fourth-order valence-electron chi connectivity index (χ4n) is 1.79. The van der Waals surface area contributed by atoms with Crippen LogP contribution >= 0.6 is 11.3 Å². The molecule has 7 heteroatoms. The molecule has 0 atom stereocenters. The average Bonchev–Trinajstić information content (AvgIpc) is 2.95. The Morgan fingerprint density at radius 2 is 2.32 bits per heavy atom. The molecule has 1 aromatic carbocycles. The second-order valence-electron chi connectivity index (χ2n) is 4.17. The number of fused-ring (bicyclic) bond motifs is 1. The molecular formula is C12H12FN5S. The number of benzene rings is 1. The number of thiazole rings is 1. The van der Waals surface area contributed by atoms with E-state index in [1.165, 1.54) is 23.5 Å². The van der Waals surface area contributed by atoms with E-state index in [2.05, 4.69) is 20.5 Å². The zero-order valence-electron chi connectivity index (χ0n) is 10.3. The standard InChI is InChI=1S/C12H12FN5S/c1-18-7-15-17-11(18)4-5-14-12-16-9-3-2-8(13)6-10(9)19-12/h2-3,6-7H,4-5H2,1H3,(H,14,16). The quantitative estimate of drug-likeness (QED) is 0.794. The van der Waals surface area contributed by atoms with Gasteiger partial charge in [0.15, 0.2) is 5.13 Å². The molecule has 0 unspecified atom stereocenters. The average molecular weight is 277 g/mol. The number of aromatic nitrogens is 4. The van der Waals surface area contributed by atoms with Crippen LogP contribution in [0.5, 0.6) is 0 Å². The summed E-state index contributed by atoms with van der Waals surface area (Å²) in [5.74, 6) is 0.682. The largest absolute Gasteiger partial charge is 0.361 e. The second kappa shape index (κ2) is 4.93. The first kappa shape index (κ1) is 12.0. The molecule has 1 N–H and O–H groups in total. The van der Waals surface area contributed by atoms with E-state index in [4.69, 9.17) is 0 Å². The van der Waals surface area contributed by atoms with Gasteiger partial charge in [0.2, 0.25) is 0 Å². The number of hydrogen-bond acceptors (Lipinski definition) is 5. The van der Waals surface area contributed by atoms with Crippen molar-refractivity contribution in [2.75, 3.05) is 11.9 Å². The van der Waals surface area contributed by atoms with Crippen LogP contribution in [0.2, 0.25) is 0 Å². The van der Waals surface area contributed by atoms with Gasteiger partial charge in [0.25, 0.3) is 0 Å². The summed E-state index contributed by atoms with van der Waals surface area (Å²) in [4.78, 5) is 4.39. The lowest BCUT2D eigenvalue weighted by Crippen LogP contribution is -2.08. The first-order valence-corrected chi connectivity index (χ1v) is 6.67. The maximum absolute atomic E-state index is 13.1. The van der Waals surface area contributed by atoms with E-state index in [0.717, 1.165) is 34.1 Å². The van der Waals surface area contributed by atoms with E-state index >= 15 is 0 Å². The lowest BCUT2D eigenvalue weighted by Gasteiger charge is -2.01. The molecule has 0 radical (unpaired) electrons. The van der Waals surface area contributed by atoms with Crippen LogP contribution in [0.4, 0.5) is 9.52 Å². The van der Waals surface area contributed by atoms with Crippen molar-refractivity contribution in [2.45, 2.75) is 6.42 Å². The SMILES string of the molecule is Cn1cnnc1CCNc1nc2ccc(F)cc2s1. The zero-order valence-corrected chi connectivity index (χ0v) is 11.1. The minimum absolute atomic E-state index is 0.234. The van der Waals surface area contributed by atoms with Crippen molar-refractivity contribution >= 4 is 26.7 Å². The number of nitrogens with one attached hydrogen (secondary N) is 1. The second-order valence-corrected chi connectivity index (χ2v) is 5.20. The van der Waals surface area contributed by atoms with Crippen LogP contribution in [0.25, 0.3) is 10.2 Å². The van der Waals surface area contributed by atoms with Gasteiger partial charge in [-0.2, -0.15) is 0 Å². The minimum Gasteiger partial charge on any atom is -0.361 e. The molecule has 0 aliphatic rings. The van der Waals surface area contributed by atoms with Crippen LogP contribution in [0, 0.1) is 5.82 Å². The van der Waals surface area contributed by atoms with Crippen molar-refractivity contribution < 1.29 is 4.39 Å². The summed E-state index contributed by atoms with van der Waals surface area (Å²) < 4.78 is 15.8. The number of halogens is 1. The van der Waals surface area contributed by atoms with Crippen LogP contribution in [-0.2, 0) is 13.5 Å². The molecule has 0 fully saturated rings. The molecule has 0 saturated heterocycles. The van der Waals surface area contributed by atoms with Gasteiger partial charge in [-0.1, -0.05) is 11.3 Å². The highest BCUT2D eigenvalue weighted by molar-refractivity contribution is 7.22. The highest BCUT2D eigenvalue weighted by atomic mass is 32.1. The predicted molar refractivity (Wildman–Crippen MR) is 72.8 cm³/mol. The third kappa shape index (κ3) is 2.55. The van der Waals surface area contributed by atoms with Gasteiger partial charge in [0.1, 0.15) is 18.0 Å². The predicted octanol–water partition coefficient (Wildman–Crippen LogP) is 2.22. The number of aryl methyl sites for hydroxylation is 1. The van der Waals surface area contributed by atoms with Crippen LogP contribution < -0.4 is 5.32 Å². The van der Waals surface area contributed by atoms with Crippen molar-refractivity contribution in [3.8, 4) is 0 Å². The topological polar surface area (TPSA) is 55.6 Å². The number of rotatable bonds is 4. The van der Waals surface area contributed by atoms with Crippen molar-refractivity contribution in [2.24, 2.45) is 7.05 Å². The summed E-state index contributed by atoms with van der Waals surface area (Å²) in [5.41, 5.74) is 0.813. The zero-order chi connectivity index (χ0) is 13.2. The highest BCUT2D eigenvalue weighted by Gasteiger charge is 2.05. The first-order chi connectivity index (χ1) is 9.22. The fraction of sp³-hybridized carbons (Fsp3) is 0.250. The molecule has 0 aliphatic carbocycles. The molecule has 0 bridgehead atoms. The summed E-state index contributed by atoms with van der Waals surface area (Å²) in [5, 5.41) is 11.8. The summed E-state index contributed by atoms with van der Waals surface area (Å²) >= 11 is 1.45. The van der Waals surface area contributed by atoms with E-state index in [0.29, 0.717) is 0 Å². The Kier molecular flexibility index (Phi) is 3.12. The van der Waals surface area contributed by atoms with E-state index in [1.54, 1.807) is 12.4 Å². The Bertz CT molecular complexity index is 705. The maximum atomic E-state index is 13.1. The number of hydrogen-bond donors (Lipinski definition) is 1. The molecule has 98 valence electrons. The van der Waals surface area contributed by atoms with Crippen LogP contribution in [-0.4, -0.2) is 26.3 Å². The Labute approximate surface area is 113 Å². The summed E-state index contributed by atoms with van der Waals surface area (Å²) in [6.07, 6.45) is 2.44. The van der Waals surface area contributed by atoms with Gasteiger partial charge < -0.3 is 9.88 Å². The van der Waals surface area contributed by atoms with Gasteiger partial charge in [-0.15, -0.1) is 10.2 Å². The van der Waals surface area contributed by atoms with E-state index < -0.39 is 0 Å². The van der Waals surface area contributed by atoms with Crippen molar-refractivity contribution in [3.63, 3.8) is 0 Å². The summed E-state index contributed by atoms with van der Waals surface area (Å²) in [7, 11) is 1.91. The van der Waals surface area contributed by atoms with Crippen LogP contribution in [0.3, 0.4) is 0 Å². The highest BCUT2D eigenvalue weighted by Crippen LogP contribution is 2.26.